The van der Waals surface area contributed by atoms with E-state index in [1.165, 1.54) is 81.9 Å². The third-order valence-electron chi connectivity index (χ3n) is 5.49. The highest BCUT2D eigenvalue weighted by molar-refractivity contribution is 5.64. The van der Waals surface area contributed by atoms with Crippen LogP contribution < -0.4 is 11.1 Å². The maximum absolute atomic E-state index is 11.4. The minimum absolute atomic E-state index is 0.0848. The van der Waals surface area contributed by atoms with Gasteiger partial charge in [-0.2, -0.15) is 0 Å². The molecular formula is C25H51N3O2. The largest absolute Gasteiger partial charge is 0.465 e. The molecule has 0 spiro atoms. The molecule has 4 N–H and O–H groups in total. The number of hydrogen-bond acceptors (Lipinski definition) is 3. The molecule has 0 saturated carbocycles. The van der Waals surface area contributed by atoms with Crippen LogP contribution in [0.1, 0.15) is 111 Å². The van der Waals surface area contributed by atoms with Gasteiger partial charge in [-0.15, -0.1) is 0 Å². The molecule has 0 aliphatic carbocycles. The molecule has 0 aliphatic rings. The van der Waals surface area contributed by atoms with Crippen LogP contribution in [0.5, 0.6) is 0 Å². The summed E-state index contributed by atoms with van der Waals surface area (Å²) in [6.07, 6.45) is 21.7. The molecule has 5 heteroatoms. The molecule has 0 aromatic heterocycles. The Balaban J connectivity index is 3.55. The second-order valence-electron chi connectivity index (χ2n) is 8.95. The number of nitrogens with two attached hydrogens (primary N) is 1. The van der Waals surface area contributed by atoms with Crippen molar-refractivity contribution in [2.24, 2.45) is 5.73 Å². The highest BCUT2D eigenvalue weighted by atomic mass is 16.4. The van der Waals surface area contributed by atoms with E-state index < -0.39 is 6.09 Å². The van der Waals surface area contributed by atoms with Crippen LogP contribution in [0.15, 0.2) is 12.2 Å². The number of hydrogen-bond donors (Lipinski definition) is 3. The van der Waals surface area contributed by atoms with Gasteiger partial charge in [0, 0.05) is 31.7 Å². The predicted molar refractivity (Wildman–Crippen MR) is 130 cm³/mol. The van der Waals surface area contributed by atoms with Crippen molar-refractivity contribution in [3.8, 4) is 0 Å². The zero-order valence-electron chi connectivity index (χ0n) is 20.2. The van der Waals surface area contributed by atoms with E-state index in [9.17, 15) is 9.90 Å². The normalized spacial score (nSPS) is 13.6. The summed E-state index contributed by atoms with van der Waals surface area (Å²) >= 11 is 0. The molecule has 0 rings (SSSR count). The van der Waals surface area contributed by atoms with E-state index in [0.29, 0.717) is 19.6 Å². The lowest BCUT2D eigenvalue weighted by atomic mass is 10.1. The number of nitrogens with one attached hydrogen (secondary N) is 1. The first-order valence-corrected chi connectivity index (χ1v) is 12.6. The van der Waals surface area contributed by atoms with Gasteiger partial charge in [0.25, 0.3) is 0 Å². The predicted octanol–water partition coefficient (Wildman–Crippen LogP) is 6.33. The molecule has 30 heavy (non-hydrogen) atoms. The number of rotatable bonds is 21. The lowest BCUT2D eigenvalue weighted by Crippen LogP contribution is -2.45. The van der Waals surface area contributed by atoms with Gasteiger partial charge in [0.2, 0.25) is 0 Å². The van der Waals surface area contributed by atoms with Crippen molar-refractivity contribution in [2.75, 3.05) is 19.6 Å². The molecule has 2 atom stereocenters. The van der Waals surface area contributed by atoms with Crippen LogP contribution in [-0.2, 0) is 0 Å². The van der Waals surface area contributed by atoms with Crippen molar-refractivity contribution in [2.45, 2.75) is 123 Å². The molecular weight excluding hydrogens is 374 g/mol. The van der Waals surface area contributed by atoms with Crippen LogP contribution >= 0.6 is 0 Å². The summed E-state index contributed by atoms with van der Waals surface area (Å²) in [4.78, 5) is 13.0. The Morgan fingerprint density at radius 3 is 1.90 bits per heavy atom. The zero-order valence-corrected chi connectivity index (χ0v) is 20.2. The van der Waals surface area contributed by atoms with E-state index >= 15 is 0 Å². The molecule has 0 fully saturated rings. The highest BCUT2D eigenvalue weighted by Crippen LogP contribution is 2.10. The van der Waals surface area contributed by atoms with Gasteiger partial charge in [0.15, 0.2) is 0 Å². The Hall–Kier alpha value is -1.07. The molecule has 0 bridgehead atoms. The lowest BCUT2D eigenvalue weighted by Gasteiger charge is -2.24. The first-order valence-electron chi connectivity index (χ1n) is 12.6. The van der Waals surface area contributed by atoms with Crippen molar-refractivity contribution < 1.29 is 9.90 Å². The van der Waals surface area contributed by atoms with Gasteiger partial charge in [-0.1, -0.05) is 76.9 Å². The number of allylic oxidation sites excluding steroid dienone is 2. The minimum Gasteiger partial charge on any atom is -0.465 e. The van der Waals surface area contributed by atoms with Crippen LogP contribution in [0, 0.1) is 0 Å². The van der Waals surface area contributed by atoms with Crippen LogP contribution in [0.2, 0.25) is 0 Å². The fourth-order valence-electron chi connectivity index (χ4n) is 3.60. The van der Waals surface area contributed by atoms with E-state index in [1.807, 2.05) is 13.8 Å². The zero-order chi connectivity index (χ0) is 22.5. The van der Waals surface area contributed by atoms with Gasteiger partial charge < -0.3 is 21.1 Å². The minimum atomic E-state index is -0.822. The first-order chi connectivity index (χ1) is 14.5. The molecule has 0 radical (unpaired) electrons. The third kappa shape index (κ3) is 20.2. The number of carbonyl (C=O) groups is 1. The van der Waals surface area contributed by atoms with Crippen molar-refractivity contribution in [3.05, 3.63) is 12.2 Å². The molecule has 2 unspecified atom stereocenters. The van der Waals surface area contributed by atoms with Crippen LogP contribution in [0.25, 0.3) is 0 Å². The molecule has 0 aromatic carbocycles. The summed E-state index contributed by atoms with van der Waals surface area (Å²) in [7, 11) is 0. The molecule has 0 heterocycles. The molecule has 178 valence electrons. The smallest absolute Gasteiger partial charge is 0.407 e. The maximum Gasteiger partial charge on any atom is 0.407 e. The second kappa shape index (κ2) is 21.2. The summed E-state index contributed by atoms with van der Waals surface area (Å²) in [6, 6.07) is 0.211. The van der Waals surface area contributed by atoms with E-state index in [4.69, 9.17) is 5.73 Å². The summed E-state index contributed by atoms with van der Waals surface area (Å²) in [5, 5.41) is 12.7. The summed E-state index contributed by atoms with van der Waals surface area (Å²) in [6.45, 7) is 8.08. The molecule has 0 aromatic rings. The number of amides is 1. The highest BCUT2D eigenvalue weighted by Gasteiger charge is 2.14. The topological polar surface area (TPSA) is 78.6 Å². The first kappa shape index (κ1) is 28.9. The average molecular weight is 426 g/mol. The van der Waals surface area contributed by atoms with Gasteiger partial charge in [0.1, 0.15) is 0 Å². The van der Waals surface area contributed by atoms with Gasteiger partial charge in [-0.05, 0) is 46.0 Å². The Morgan fingerprint density at radius 1 is 0.900 bits per heavy atom. The van der Waals surface area contributed by atoms with Crippen molar-refractivity contribution >= 4 is 6.09 Å². The summed E-state index contributed by atoms with van der Waals surface area (Å²) < 4.78 is 0. The fraction of sp³-hybridized carbons (Fsp3) is 0.880. The molecule has 5 nitrogen and oxygen atoms in total. The quantitative estimate of drug-likeness (QED) is 0.148. The summed E-state index contributed by atoms with van der Waals surface area (Å²) in [5.74, 6) is 0. The Morgan fingerprint density at radius 2 is 1.40 bits per heavy atom. The lowest BCUT2D eigenvalue weighted by molar-refractivity contribution is 0.139. The van der Waals surface area contributed by atoms with Crippen LogP contribution in [0.3, 0.4) is 0 Å². The Labute approximate surface area is 186 Å². The van der Waals surface area contributed by atoms with Gasteiger partial charge >= 0.3 is 6.09 Å². The molecule has 1 amide bonds. The SMILES string of the molecule is CCCCCCCCC=CCCCCCCCCN(CC(C)NCC(C)N)C(=O)O. The number of carboxylic acid groups (broad SMARTS) is 1. The number of nitrogens with zero attached hydrogens (tertiary/aromatic N) is 1. The van der Waals surface area contributed by atoms with E-state index in [2.05, 4.69) is 24.4 Å². The van der Waals surface area contributed by atoms with Gasteiger partial charge in [-0.25, -0.2) is 4.79 Å². The standard InChI is InChI=1S/C25H51N3O2/c1-4-5-6-7-8-9-10-11-12-13-14-15-16-17-18-19-20-28(25(29)30)22-24(3)27-21-23(2)26/h11-12,23-24,27H,4-10,13-22,26H2,1-3H3,(H,29,30). The van der Waals surface area contributed by atoms with Gasteiger partial charge in [0.05, 0.1) is 0 Å². The molecule has 0 saturated heterocycles. The monoisotopic (exact) mass is 425 g/mol. The third-order valence-corrected chi connectivity index (χ3v) is 5.49. The maximum atomic E-state index is 11.4. The Kier molecular flexibility index (Phi) is 20.4. The van der Waals surface area contributed by atoms with E-state index in [-0.39, 0.29) is 12.1 Å². The second-order valence-corrected chi connectivity index (χ2v) is 8.95. The Bertz CT molecular complexity index is 413. The van der Waals surface area contributed by atoms with Gasteiger partial charge in [-0.3, -0.25) is 0 Å². The van der Waals surface area contributed by atoms with Crippen LogP contribution in [-0.4, -0.2) is 47.8 Å². The van der Waals surface area contributed by atoms with Crippen molar-refractivity contribution in [1.29, 1.82) is 0 Å². The fourth-order valence-corrected chi connectivity index (χ4v) is 3.60. The average Bonchev–Trinajstić information content (AvgIpc) is 2.70. The molecule has 0 aliphatic heterocycles. The van der Waals surface area contributed by atoms with Crippen molar-refractivity contribution in [3.63, 3.8) is 0 Å². The summed E-state index contributed by atoms with van der Waals surface area (Å²) in [5.41, 5.74) is 5.74. The number of unbranched alkanes of at least 4 members (excludes halogenated alkanes) is 12. The van der Waals surface area contributed by atoms with Crippen LogP contribution in [0.4, 0.5) is 4.79 Å². The van der Waals surface area contributed by atoms with Crippen molar-refractivity contribution in [1.82, 2.24) is 10.2 Å². The van der Waals surface area contributed by atoms with E-state index in [0.717, 1.165) is 12.8 Å². The van der Waals surface area contributed by atoms with E-state index in [1.54, 1.807) is 0 Å².